The first kappa shape index (κ1) is 16.7. The molecule has 7 nitrogen and oxygen atoms in total. The van der Waals surface area contributed by atoms with Crippen LogP contribution in [0.25, 0.3) is 0 Å². The molecule has 122 valence electrons. The molecule has 1 atom stereocenters. The summed E-state index contributed by atoms with van der Waals surface area (Å²) in [5.74, 6) is -1.75. The first-order valence-corrected chi connectivity index (χ1v) is 10.5. The Labute approximate surface area is 125 Å². The topological polar surface area (TPSA) is 118 Å². The van der Waals surface area contributed by atoms with Gasteiger partial charge in [0.15, 0.2) is 9.84 Å². The zero-order chi connectivity index (χ0) is 15.7. The summed E-state index contributed by atoms with van der Waals surface area (Å²) in [5, 5.41) is 8.44. The molecule has 1 heterocycles. The first-order chi connectivity index (χ1) is 9.67. The SMILES string of the molecule is O=C(O)C1(NS(=O)(=O)C2CCS(=O)(=O)C2)CCCCCC1. The van der Waals surface area contributed by atoms with Crippen molar-refractivity contribution in [2.75, 3.05) is 11.5 Å². The van der Waals surface area contributed by atoms with Crippen LogP contribution in [0.1, 0.15) is 44.9 Å². The van der Waals surface area contributed by atoms with Crippen LogP contribution in [-0.2, 0) is 24.7 Å². The Hall–Kier alpha value is -0.670. The predicted molar refractivity (Wildman–Crippen MR) is 77.2 cm³/mol. The summed E-state index contributed by atoms with van der Waals surface area (Å²) in [5.41, 5.74) is -1.48. The Balaban J connectivity index is 2.22. The van der Waals surface area contributed by atoms with Gasteiger partial charge in [-0.25, -0.2) is 16.8 Å². The van der Waals surface area contributed by atoms with Gasteiger partial charge in [0.05, 0.1) is 16.8 Å². The molecule has 0 aromatic heterocycles. The lowest BCUT2D eigenvalue weighted by Crippen LogP contribution is -2.56. The van der Waals surface area contributed by atoms with E-state index in [2.05, 4.69) is 4.72 Å². The molecule has 21 heavy (non-hydrogen) atoms. The molecule has 0 aromatic rings. The standard InChI is InChI=1S/C12H21NO6S2/c14-11(15)12(6-3-1-2-4-7-12)13-21(18,19)10-5-8-20(16,17)9-10/h10,13H,1-9H2,(H,14,15). The average Bonchev–Trinajstić information content (AvgIpc) is 2.60. The monoisotopic (exact) mass is 339 g/mol. The Kier molecular flexibility index (Phi) is 4.65. The van der Waals surface area contributed by atoms with Gasteiger partial charge in [-0.15, -0.1) is 0 Å². The maximum Gasteiger partial charge on any atom is 0.324 e. The third kappa shape index (κ3) is 3.75. The molecule has 1 saturated heterocycles. The van der Waals surface area contributed by atoms with Crippen LogP contribution in [0.2, 0.25) is 0 Å². The number of nitrogens with one attached hydrogen (secondary N) is 1. The largest absolute Gasteiger partial charge is 0.480 e. The summed E-state index contributed by atoms with van der Waals surface area (Å²) < 4.78 is 50.0. The number of sulfone groups is 1. The summed E-state index contributed by atoms with van der Waals surface area (Å²) in [6.07, 6.45) is 3.61. The van der Waals surface area contributed by atoms with Gasteiger partial charge in [0.2, 0.25) is 10.0 Å². The summed E-state index contributed by atoms with van der Waals surface area (Å²) in [6.45, 7) is 0. The van der Waals surface area contributed by atoms with E-state index in [0.717, 1.165) is 12.8 Å². The third-order valence-electron chi connectivity index (χ3n) is 4.33. The molecule has 1 aliphatic carbocycles. The quantitative estimate of drug-likeness (QED) is 0.710. The summed E-state index contributed by atoms with van der Waals surface area (Å²) in [7, 11) is -7.29. The Morgan fingerprint density at radius 3 is 2.14 bits per heavy atom. The minimum atomic E-state index is -3.96. The highest BCUT2D eigenvalue weighted by molar-refractivity contribution is 7.95. The molecule has 9 heteroatoms. The zero-order valence-electron chi connectivity index (χ0n) is 11.7. The number of sulfonamides is 1. The Morgan fingerprint density at radius 1 is 1.14 bits per heavy atom. The van der Waals surface area contributed by atoms with E-state index < -0.39 is 42.4 Å². The van der Waals surface area contributed by atoms with Crippen molar-refractivity contribution >= 4 is 25.8 Å². The van der Waals surface area contributed by atoms with Crippen LogP contribution in [0.5, 0.6) is 0 Å². The maximum absolute atomic E-state index is 12.4. The van der Waals surface area contributed by atoms with Gasteiger partial charge in [-0.1, -0.05) is 25.7 Å². The highest BCUT2D eigenvalue weighted by Crippen LogP contribution is 2.30. The number of hydrogen-bond acceptors (Lipinski definition) is 5. The highest BCUT2D eigenvalue weighted by Gasteiger charge is 2.46. The van der Waals surface area contributed by atoms with E-state index in [1.807, 2.05) is 0 Å². The predicted octanol–water partition coefficient (Wildman–Crippen LogP) is 0.270. The number of aliphatic carboxylic acids is 1. The normalized spacial score (nSPS) is 28.9. The van der Waals surface area contributed by atoms with Crippen molar-refractivity contribution in [3.8, 4) is 0 Å². The van der Waals surface area contributed by atoms with Crippen molar-refractivity contribution in [2.45, 2.75) is 55.7 Å². The van der Waals surface area contributed by atoms with E-state index in [0.29, 0.717) is 12.8 Å². The second-order valence-corrected chi connectivity index (χ2v) is 10.2. The van der Waals surface area contributed by atoms with Crippen LogP contribution in [0.3, 0.4) is 0 Å². The molecule has 0 aromatic carbocycles. The Morgan fingerprint density at radius 2 is 1.71 bits per heavy atom. The molecule has 0 amide bonds. The van der Waals surface area contributed by atoms with Crippen molar-refractivity contribution in [2.24, 2.45) is 0 Å². The average molecular weight is 339 g/mol. The fraction of sp³-hybridized carbons (Fsp3) is 0.917. The van der Waals surface area contributed by atoms with Gasteiger partial charge in [-0.05, 0) is 19.3 Å². The molecule has 0 bridgehead atoms. The van der Waals surface area contributed by atoms with Gasteiger partial charge in [0, 0.05) is 0 Å². The van der Waals surface area contributed by atoms with Crippen LogP contribution in [-0.4, -0.2) is 50.2 Å². The number of hydrogen-bond donors (Lipinski definition) is 2. The zero-order valence-corrected chi connectivity index (χ0v) is 13.4. The minimum absolute atomic E-state index is 0.0351. The van der Waals surface area contributed by atoms with Crippen molar-refractivity contribution in [3.63, 3.8) is 0 Å². The van der Waals surface area contributed by atoms with Gasteiger partial charge < -0.3 is 5.11 Å². The first-order valence-electron chi connectivity index (χ1n) is 7.14. The van der Waals surface area contributed by atoms with Gasteiger partial charge >= 0.3 is 5.97 Å². The van der Waals surface area contributed by atoms with E-state index in [4.69, 9.17) is 0 Å². The second kappa shape index (κ2) is 5.85. The van der Waals surface area contributed by atoms with E-state index >= 15 is 0 Å². The molecule has 0 spiro atoms. The number of carboxylic acid groups (broad SMARTS) is 1. The van der Waals surface area contributed by atoms with E-state index in [1.54, 1.807) is 0 Å². The molecular formula is C12H21NO6S2. The molecule has 2 N–H and O–H groups in total. The van der Waals surface area contributed by atoms with Crippen LogP contribution < -0.4 is 4.72 Å². The lowest BCUT2D eigenvalue weighted by molar-refractivity contribution is -0.144. The molecule has 0 radical (unpaired) electrons. The highest BCUT2D eigenvalue weighted by atomic mass is 32.2. The van der Waals surface area contributed by atoms with E-state index in [1.165, 1.54) is 0 Å². The van der Waals surface area contributed by atoms with Crippen molar-refractivity contribution in [1.29, 1.82) is 0 Å². The number of carbonyl (C=O) groups is 1. The molecule has 1 aliphatic heterocycles. The molecule has 1 saturated carbocycles. The second-order valence-electron chi connectivity index (χ2n) is 5.97. The van der Waals surface area contributed by atoms with E-state index in [9.17, 15) is 26.7 Å². The lowest BCUT2D eigenvalue weighted by Gasteiger charge is -2.30. The van der Waals surface area contributed by atoms with Crippen LogP contribution in [0.4, 0.5) is 0 Å². The Bertz CT molecular complexity index is 602. The molecule has 1 unspecified atom stereocenters. The summed E-state index contributed by atoms with van der Waals surface area (Å²) in [4.78, 5) is 11.6. The van der Waals surface area contributed by atoms with Gasteiger partial charge in [0.25, 0.3) is 0 Å². The third-order valence-corrected chi connectivity index (χ3v) is 8.27. The minimum Gasteiger partial charge on any atom is -0.480 e. The number of rotatable bonds is 4. The fourth-order valence-corrected chi connectivity index (χ4v) is 7.52. The van der Waals surface area contributed by atoms with Gasteiger partial charge in [0.1, 0.15) is 5.54 Å². The van der Waals surface area contributed by atoms with Crippen molar-refractivity contribution < 1.29 is 26.7 Å². The molecule has 2 aliphatic rings. The van der Waals surface area contributed by atoms with Gasteiger partial charge in [-0.3, -0.25) is 4.79 Å². The van der Waals surface area contributed by atoms with E-state index in [-0.39, 0.29) is 25.0 Å². The summed E-state index contributed by atoms with van der Waals surface area (Å²) >= 11 is 0. The molecule has 2 fully saturated rings. The fourth-order valence-electron chi connectivity index (χ4n) is 3.05. The van der Waals surface area contributed by atoms with Crippen LogP contribution in [0.15, 0.2) is 0 Å². The van der Waals surface area contributed by atoms with Crippen molar-refractivity contribution in [3.05, 3.63) is 0 Å². The molecular weight excluding hydrogens is 318 g/mol. The molecule has 2 rings (SSSR count). The van der Waals surface area contributed by atoms with Crippen LogP contribution in [0, 0.1) is 0 Å². The lowest BCUT2D eigenvalue weighted by atomic mass is 9.92. The summed E-state index contributed by atoms with van der Waals surface area (Å²) in [6, 6.07) is 0. The number of carboxylic acids is 1. The smallest absolute Gasteiger partial charge is 0.324 e. The van der Waals surface area contributed by atoms with Crippen molar-refractivity contribution in [1.82, 2.24) is 4.72 Å². The van der Waals surface area contributed by atoms with Gasteiger partial charge in [-0.2, -0.15) is 4.72 Å². The maximum atomic E-state index is 12.4. The van der Waals surface area contributed by atoms with Crippen LogP contribution >= 0.6 is 0 Å².